The number of anilines is 1. The zero-order chi connectivity index (χ0) is 27.1. The van der Waals surface area contributed by atoms with Crippen LogP contribution in [0, 0.1) is 12.7 Å². The molecule has 1 N–H and O–H groups in total. The number of nitrogens with zero attached hydrogens (tertiary/aromatic N) is 3. The van der Waals surface area contributed by atoms with Gasteiger partial charge in [0.15, 0.2) is 5.82 Å². The van der Waals surface area contributed by atoms with Crippen LogP contribution in [0.1, 0.15) is 39.1 Å². The van der Waals surface area contributed by atoms with Crippen LogP contribution >= 0.6 is 0 Å². The lowest BCUT2D eigenvalue weighted by molar-refractivity contribution is 0.0962. The molecule has 0 bridgehead atoms. The van der Waals surface area contributed by atoms with Crippen molar-refractivity contribution in [2.75, 3.05) is 11.9 Å². The quantitative estimate of drug-likeness (QED) is 0.289. The van der Waals surface area contributed by atoms with Crippen molar-refractivity contribution in [2.24, 2.45) is 0 Å². The zero-order valence-corrected chi connectivity index (χ0v) is 21.4. The molecule has 0 spiro atoms. The number of furan rings is 1. The number of hydrogen-bond acceptors (Lipinski definition) is 5. The van der Waals surface area contributed by atoms with Gasteiger partial charge in [-0.2, -0.15) is 5.10 Å². The molecule has 2 aromatic heterocycles. The van der Waals surface area contributed by atoms with Crippen LogP contribution < -0.4 is 10.2 Å². The highest BCUT2D eigenvalue weighted by Gasteiger charge is 2.35. The Kier molecular flexibility index (Phi) is 6.15. The first kappa shape index (κ1) is 24.5. The summed E-state index contributed by atoms with van der Waals surface area (Å²) in [5.41, 5.74) is 4.72. The molecule has 8 heteroatoms. The predicted molar refractivity (Wildman–Crippen MR) is 147 cm³/mol. The molecule has 3 aromatic carbocycles. The van der Waals surface area contributed by atoms with Crippen LogP contribution in [0.2, 0.25) is 0 Å². The summed E-state index contributed by atoms with van der Waals surface area (Å²) >= 11 is 0. The van der Waals surface area contributed by atoms with Crippen LogP contribution in [-0.2, 0) is 0 Å². The Hall–Kier alpha value is -4.85. The van der Waals surface area contributed by atoms with E-state index < -0.39 is 0 Å². The Morgan fingerprint density at radius 2 is 1.77 bits per heavy atom. The number of aromatic nitrogens is 2. The minimum atomic E-state index is -0.372. The summed E-state index contributed by atoms with van der Waals surface area (Å²) < 4.78 is 19.6. The van der Waals surface area contributed by atoms with Crippen molar-refractivity contribution in [1.29, 1.82) is 0 Å². The van der Waals surface area contributed by atoms with E-state index in [1.165, 1.54) is 12.1 Å². The summed E-state index contributed by atoms with van der Waals surface area (Å²) in [5, 5.41) is 11.4. The van der Waals surface area contributed by atoms with Gasteiger partial charge in [-0.05, 0) is 97.1 Å². The lowest BCUT2D eigenvalue weighted by atomic mass is 9.95. The minimum absolute atomic E-state index is 0.112. The number of amides is 2. The van der Waals surface area contributed by atoms with Crippen LogP contribution in [0.5, 0.6) is 0 Å². The number of aryl methyl sites for hydroxylation is 1. The fourth-order valence-corrected chi connectivity index (χ4v) is 4.84. The van der Waals surface area contributed by atoms with Gasteiger partial charge in [0, 0.05) is 35.8 Å². The Balaban J connectivity index is 1.44. The van der Waals surface area contributed by atoms with E-state index in [1.807, 2.05) is 43.3 Å². The van der Waals surface area contributed by atoms with Crippen molar-refractivity contribution in [3.05, 3.63) is 102 Å². The lowest BCUT2D eigenvalue weighted by Crippen LogP contribution is -2.34. The van der Waals surface area contributed by atoms with E-state index in [1.54, 1.807) is 42.4 Å². The Labute approximate surface area is 224 Å². The molecule has 1 aliphatic rings. The third kappa shape index (κ3) is 4.54. The Bertz CT molecular complexity index is 1710. The number of benzene rings is 3. The van der Waals surface area contributed by atoms with E-state index >= 15 is 0 Å². The van der Waals surface area contributed by atoms with Crippen LogP contribution in [-0.4, -0.2) is 35.1 Å². The molecule has 0 atom stereocenters. The van der Waals surface area contributed by atoms with E-state index in [9.17, 15) is 14.0 Å². The molecule has 0 unspecified atom stereocenters. The maximum absolute atomic E-state index is 13.7. The summed E-state index contributed by atoms with van der Waals surface area (Å²) in [6, 6.07) is 20.8. The van der Waals surface area contributed by atoms with Crippen LogP contribution in [0.4, 0.5) is 10.2 Å². The summed E-state index contributed by atoms with van der Waals surface area (Å²) in [5.74, 6) is 0.0907. The van der Waals surface area contributed by atoms with E-state index in [-0.39, 0.29) is 23.7 Å². The van der Waals surface area contributed by atoms with Gasteiger partial charge in [-0.15, -0.1) is 5.10 Å². The first-order valence-corrected chi connectivity index (χ1v) is 12.7. The maximum Gasteiger partial charge on any atom is 0.259 e. The molecule has 2 amide bonds. The van der Waals surface area contributed by atoms with E-state index in [2.05, 4.69) is 15.5 Å². The molecule has 0 aliphatic heterocycles. The molecule has 6 rings (SSSR count). The summed E-state index contributed by atoms with van der Waals surface area (Å²) in [4.78, 5) is 28.4. The average Bonchev–Trinajstić information content (AvgIpc) is 3.72. The molecule has 2 heterocycles. The highest BCUT2D eigenvalue weighted by atomic mass is 19.1. The lowest BCUT2D eigenvalue weighted by Gasteiger charge is -2.21. The normalized spacial score (nSPS) is 12.9. The fraction of sp³-hybridized carbons (Fsp3) is 0.161. The van der Waals surface area contributed by atoms with Crippen molar-refractivity contribution in [3.63, 3.8) is 0 Å². The van der Waals surface area contributed by atoms with Crippen molar-refractivity contribution in [1.82, 2.24) is 15.5 Å². The van der Waals surface area contributed by atoms with E-state index in [0.717, 1.165) is 29.5 Å². The van der Waals surface area contributed by atoms with Crippen LogP contribution in [0.3, 0.4) is 0 Å². The number of carbonyl (C=O) groups is 2. The smallest absolute Gasteiger partial charge is 0.259 e. The van der Waals surface area contributed by atoms with Gasteiger partial charge in [0.1, 0.15) is 17.2 Å². The largest absolute Gasteiger partial charge is 0.455 e. The molecule has 0 radical (unpaired) electrons. The second-order valence-corrected chi connectivity index (χ2v) is 9.62. The Morgan fingerprint density at radius 3 is 2.46 bits per heavy atom. The van der Waals surface area contributed by atoms with Gasteiger partial charge in [-0.1, -0.05) is 12.1 Å². The number of fused-ring (bicyclic) bond motifs is 1. The van der Waals surface area contributed by atoms with E-state index in [4.69, 9.17) is 4.42 Å². The number of halogens is 1. The molecule has 1 aliphatic carbocycles. The third-order valence-electron chi connectivity index (χ3n) is 6.98. The maximum atomic E-state index is 13.7. The molecule has 0 saturated heterocycles. The highest BCUT2D eigenvalue weighted by Crippen LogP contribution is 2.37. The zero-order valence-electron chi connectivity index (χ0n) is 21.4. The molecule has 39 heavy (non-hydrogen) atoms. The van der Waals surface area contributed by atoms with Gasteiger partial charge >= 0.3 is 0 Å². The highest BCUT2D eigenvalue weighted by molar-refractivity contribution is 6.12. The van der Waals surface area contributed by atoms with Gasteiger partial charge in [-0.25, -0.2) is 4.39 Å². The van der Waals surface area contributed by atoms with E-state index in [0.29, 0.717) is 39.2 Å². The molecular weight excluding hydrogens is 495 g/mol. The standard InChI is InChI=1S/C31H25FN4O3/c1-18-5-6-21(31(38)36(23-12-13-23)27-4-3-15-34-35-27)17-24(18)20-9-14-26-25(16-20)28(30(37)33-2)29(39-26)19-7-10-22(32)11-8-19/h3-11,14-17,23H,12-13H2,1-2H3,(H,33,37). The van der Waals surface area contributed by atoms with Gasteiger partial charge < -0.3 is 9.73 Å². The van der Waals surface area contributed by atoms with Crippen LogP contribution in [0.15, 0.2) is 83.4 Å². The molecule has 7 nitrogen and oxygen atoms in total. The van der Waals surface area contributed by atoms with Crippen LogP contribution in [0.25, 0.3) is 33.4 Å². The summed E-state index contributed by atoms with van der Waals surface area (Å²) in [6.45, 7) is 1.98. The predicted octanol–water partition coefficient (Wildman–Crippen LogP) is 6.17. The number of carbonyl (C=O) groups excluding carboxylic acids is 2. The van der Waals surface area contributed by atoms with Crippen molar-refractivity contribution in [2.45, 2.75) is 25.8 Å². The second kappa shape index (κ2) is 9.79. The van der Waals surface area contributed by atoms with Gasteiger partial charge in [0.05, 0.1) is 5.56 Å². The minimum Gasteiger partial charge on any atom is -0.455 e. The molecular formula is C31H25FN4O3. The van der Waals surface area contributed by atoms with Gasteiger partial charge in [0.25, 0.3) is 11.8 Å². The van der Waals surface area contributed by atoms with Gasteiger partial charge in [-0.3, -0.25) is 14.5 Å². The van der Waals surface area contributed by atoms with Crippen molar-refractivity contribution in [3.8, 4) is 22.5 Å². The average molecular weight is 521 g/mol. The SMILES string of the molecule is CNC(=O)c1c(-c2ccc(F)cc2)oc2ccc(-c3cc(C(=O)N(c4cccnn4)C4CC4)ccc3C)cc12. The molecule has 1 saturated carbocycles. The molecule has 5 aromatic rings. The Morgan fingerprint density at radius 1 is 1.00 bits per heavy atom. The van der Waals surface area contributed by atoms with Crippen molar-refractivity contribution < 1.29 is 18.4 Å². The summed E-state index contributed by atoms with van der Waals surface area (Å²) in [6.07, 6.45) is 3.44. The van der Waals surface area contributed by atoms with Gasteiger partial charge in [0.2, 0.25) is 0 Å². The first-order chi connectivity index (χ1) is 18.9. The summed E-state index contributed by atoms with van der Waals surface area (Å²) in [7, 11) is 1.56. The topological polar surface area (TPSA) is 88.3 Å². The number of nitrogens with one attached hydrogen (secondary N) is 1. The third-order valence-corrected chi connectivity index (χ3v) is 6.98. The van der Waals surface area contributed by atoms with Crippen molar-refractivity contribution >= 4 is 28.6 Å². The molecule has 194 valence electrons. The number of hydrogen-bond donors (Lipinski definition) is 1. The second-order valence-electron chi connectivity index (χ2n) is 9.62. The molecule has 1 fully saturated rings. The monoisotopic (exact) mass is 520 g/mol. The fourth-order valence-electron chi connectivity index (χ4n) is 4.84. The number of rotatable bonds is 6. The first-order valence-electron chi connectivity index (χ1n) is 12.7.